The van der Waals surface area contributed by atoms with E-state index in [0.29, 0.717) is 6.54 Å². The summed E-state index contributed by atoms with van der Waals surface area (Å²) in [6.07, 6.45) is 6.71. The number of nitrogens with one attached hydrogen (secondary N) is 1. The van der Waals surface area contributed by atoms with Gasteiger partial charge in [-0.15, -0.1) is 0 Å². The maximum Gasteiger partial charge on any atom is 0.225 e. The lowest BCUT2D eigenvalue weighted by Gasteiger charge is -2.34. The van der Waals surface area contributed by atoms with Crippen LogP contribution in [0.15, 0.2) is 36.5 Å². The number of carbonyl (C=O) groups excluding carboxylic acids is 1. The molecular formula is C25H30N6O. The van der Waals surface area contributed by atoms with Crippen molar-refractivity contribution in [2.45, 2.75) is 45.6 Å². The van der Waals surface area contributed by atoms with E-state index in [4.69, 9.17) is 9.97 Å². The zero-order valence-electron chi connectivity index (χ0n) is 18.8. The molecule has 1 aliphatic heterocycles. The largest absolute Gasteiger partial charge is 0.356 e. The fourth-order valence-electron chi connectivity index (χ4n) is 4.89. The van der Waals surface area contributed by atoms with Crippen molar-refractivity contribution in [3.05, 3.63) is 59.3 Å². The average Bonchev–Trinajstić information content (AvgIpc) is 3.47. The molecule has 166 valence electrons. The van der Waals surface area contributed by atoms with Crippen LogP contribution in [0.4, 0.5) is 5.82 Å². The second-order valence-corrected chi connectivity index (χ2v) is 8.98. The summed E-state index contributed by atoms with van der Waals surface area (Å²) in [5.41, 5.74) is 4.57. The standard InChI is InChI=1S/C25H30N6O/c1-17-15-26-22(27-17)16-30(2)25(32)19-11-13-31(14-12-19)24-20-9-6-10-21(20)28-23(29-24)18-7-4-3-5-8-18/h3-5,7-8,15,19H,6,9-14,16H2,1-2H3,(H,26,27). The van der Waals surface area contributed by atoms with Crippen molar-refractivity contribution >= 4 is 11.7 Å². The minimum atomic E-state index is 0.0517. The minimum absolute atomic E-state index is 0.0517. The number of aromatic nitrogens is 4. The topological polar surface area (TPSA) is 78.0 Å². The van der Waals surface area contributed by atoms with Crippen molar-refractivity contribution in [1.82, 2.24) is 24.8 Å². The van der Waals surface area contributed by atoms with Crippen LogP contribution in [0.2, 0.25) is 0 Å². The van der Waals surface area contributed by atoms with Crippen LogP contribution in [0.3, 0.4) is 0 Å². The molecule has 1 amide bonds. The highest BCUT2D eigenvalue weighted by Gasteiger charge is 2.30. The van der Waals surface area contributed by atoms with Crippen LogP contribution in [0, 0.1) is 12.8 Å². The van der Waals surface area contributed by atoms with Gasteiger partial charge in [-0.2, -0.15) is 0 Å². The molecule has 3 aromatic rings. The quantitative estimate of drug-likeness (QED) is 0.670. The molecule has 0 atom stereocenters. The van der Waals surface area contributed by atoms with Gasteiger partial charge < -0.3 is 14.8 Å². The molecule has 0 bridgehead atoms. The molecule has 1 fully saturated rings. The molecule has 0 saturated carbocycles. The van der Waals surface area contributed by atoms with Crippen LogP contribution < -0.4 is 4.90 Å². The van der Waals surface area contributed by atoms with Crippen LogP contribution in [0.5, 0.6) is 0 Å². The maximum absolute atomic E-state index is 13.0. The van der Waals surface area contributed by atoms with Crippen LogP contribution >= 0.6 is 0 Å². The Morgan fingerprint density at radius 1 is 1.16 bits per heavy atom. The van der Waals surface area contributed by atoms with Gasteiger partial charge in [-0.25, -0.2) is 15.0 Å². The molecule has 1 saturated heterocycles. The van der Waals surface area contributed by atoms with E-state index >= 15 is 0 Å². The smallest absolute Gasteiger partial charge is 0.225 e. The van der Waals surface area contributed by atoms with E-state index in [1.165, 1.54) is 11.3 Å². The monoisotopic (exact) mass is 430 g/mol. The number of piperidine rings is 1. The molecule has 1 aromatic carbocycles. The highest BCUT2D eigenvalue weighted by molar-refractivity contribution is 5.79. The molecule has 2 aliphatic rings. The Kier molecular flexibility index (Phi) is 5.64. The number of amides is 1. The van der Waals surface area contributed by atoms with E-state index < -0.39 is 0 Å². The minimum Gasteiger partial charge on any atom is -0.356 e. The molecule has 5 rings (SSSR count). The Morgan fingerprint density at radius 2 is 1.94 bits per heavy atom. The number of anilines is 1. The van der Waals surface area contributed by atoms with E-state index in [9.17, 15) is 4.79 Å². The lowest BCUT2D eigenvalue weighted by Crippen LogP contribution is -2.41. The first-order valence-electron chi connectivity index (χ1n) is 11.5. The van der Waals surface area contributed by atoms with Gasteiger partial charge in [-0.1, -0.05) is 30.3 Å². The normalized spacial score (nSPS) is 16.2. The number of hydrogen-bond acceptors (Lipinski definition) is 5. The van der Waals surface area contributed by atoms with Crippen LogP contribution in [0.1, 0.15) is 42.0 Å². The second kappa shape index (κ2) is 8.73. The van der Waals surface area contributed by atoms with E-state index in [-0.39, 0.29) is 11.8 Å². The molecule has 7 heteroatoms. The third kappa shape index (κ3) is 4.11. The Hall–Kier alpha value is -3.22. The first-order valence-corrected chi connectivity index (χ1v) is 11.5. The van der Waals surface area contributed by atoms with Gasteiger partial charge in [-0.05, 0) is 39.0 Å². The van der Waals surface area contributed by atoms with Crippen LogP contribution in [-0.2, 0) is 24.2 Å². The first kappa shape index (κ1) is 20.7. The van der Waals surface area contributed by atoms with Gasteiger partial charge in [-0.3, -0.25) is 4.79 Å². The summed E-state index contributed by atoms with van der Waals surface area (Å²) in [6.45, 7) is 4.19. The Labute approximate surface area is 188 Å². The van der Waals surface area contributed by atoms with Crippen molar-refractivity contribution in [2.75, 3.05) is 25.0 Å². The maximum atomic E-state index is 13.0. The zero-order valence-corrected chi connectivity index (χ0v) is 18.8. The second-order valence-electron chi connectivity index (χ2n) is 8.98. The molecule has 0 radical (unpaired) electrons. The molecule has 7 nitrogen and oxygen atoms in total. The zero-order chi connectivity index (χ0) is 22.1. The molecule has 32 heavy (non-hydrogen) atoms. The molecule has 2 aromatic heterocycles. The van der Waals surface area contributed by atoms with Crippen molar-refractivity contribution < 1.29 is 4.79 Å². The number of nitrogens with zero attached hydrogens (tertiary/aromatic N) is 5. The van der Waals surface area contributed by atoms with Crippen molar-refractivity contribution in [3.63, 3.8) is 0 Å². The summed E-state index contributed by atoms with van der Waals surface area (Å²) in [5, 5.41) is 0. The molecule has 3 heterocycles. The summed E-state index contributed by atoms with van der Waals surface area (Å²) in [4.78, 5) is 34.6. The predicted molar refractivity (Wildman–Crippen MR) is 124 cm³/mol. The van der Waals surface area contributed by atoms with E-state index in [2.05, 4.69) is 27.0 Å². The predicted octanol–water partition coefficient (Wildman–Crippen LogP) is 3.54. The fraction of sp³-hybridized carbons (Fsp3) is 0.440. The van der Waals surface area contributed by atoms with Gasteiger partial charge >= 0.3 is 0 Å². The Morgan fingerprint density at radius 3 is 2.66 bits per heavy atom. The lowest BCUT2D eigenvalue weighted by molar-refractivity contribution is -0.135. The number of benzene rings is 1. The summed E-state index contributed by atoms with van der Waals surface area (Å²) in [5.74, 6) is 2.98. The summed E-state index contributed by atoms with van der Waals surface area (Å²) < 4.78 is 0. The molecule has 1 N–H and O–H groups in total. The summed E-state index contributed by atoms with van der Waals surface area (Å²) in [7, 11) is 1.87. The van der Waals surface area contributed by atoms with Crippen molar-refractivity contribution in [1.29, 1.82) is 0 Å². The van der Waals surface area contributed by atoms with Gasteiger partial charge in [0.2, 0.25) is 5.91 Å². The number of fused-ring (bicyclic) bond motifs is 1. The highest BCUT2D eigenvalue weighted by Crippen LogP contribution is 2.33. The summed E-state index contributed by atoms with van der Waals surface area (Å²) >= 11 is 0. The highest BCUT2D eigenvalue weighted by atomic mass is 16.2. The average molecular weight is 431 g/mol. The Balaban J connectivity index is 1.29. The molecule has 0 unspecified atom stereocenters. The van der Waals surface area contributed by atoms with Gasteiger partial charge in [0.1, 0.15) is 11.6 Å². The van der Waals surface area contributed by atoms with E-state index in [1.54, 1.807) is 11.1 Å². The van der Waals surface area contributed by atoms with Gasteiger partial charge in [0.05, 0.1) is 6.54 Å². The third-order valence-electron chi connectivity index (χ3n) is 6.61. The van der Waals surface area contributed by atoms with Gasteiger partial charge in [0, 0.05) is 54.8 Å². The van der Waals surface area contributed by atoms with Crippen molar-refractivity contribution in [3.8, 4) is 11.4 Å². The number of carbonyl (C=O) groups is 1. The van der Waals surface area contributed by atoms with Gasteiger partial charge in [0.25, 0.3) is 0 Å². The molecular weight excluding hydrogens is 400 g/mol. The number of H-pyrrole nitrogens is 1. The van der Waals surface area contributed by atoms with Crippen molar-refractivity contribution in [2.24, 2.45) is 5.92 Å². The Bertz CT molecular complexity index is 1100. The van der Waals surface area contributed by atoms with E-state index in [0.717, 1.165) is 73.9 Å². The first-order chi connectivity index (χ1) is 15.6. The molecule has 0 spiro atoms. The van der Waals surface area contributed by atoms with Crippen LogP contribution in [-0.4, -0.2) is 50.9 Å². The number of aryl methyl sites for hydroxylation is 2. The van der Waals surface area contributed by atoms with Gasteiger partial charge in [0.15, 0.2) is 5.82 Å². The summed E-state index contributed by atoms with van der Waals surface area (Å²) in [6, 6.07) is 10.2. The van der Waals surface area contributed by atoms with Crippen LogP contribution in [0.25, 0.3) is 11.4 Å². The third-order valence-corrected chi connectivity index (χ3v) is 6.61. The lowest BCUT2D eigenvalue weighted by atomic mass is 9.95. The number of hydrogen-bond donors (Lipinski definition) is 1. The number of aromatic amines is 1. The number of rotatable bonds is 5. The SMILES string of the molecule is Cc1cnc(CN(C)C(=O)C2CCN(c3nc(-c4ccccc4)nc4c3CCC4)CC2)[nH]1. The fourth-order valence-corrected chi connectivity index (χ4v) is 4.89. The van der Waals surface area contributed by atoms with E-state index in [1.807, 2.05) is 32.2 Å². The molecule has 1 aliphatic carbocycles. The number of imidazole rings is 1.